The normalized spacial score (nSPS) is 26.6. The summed E-state index contributed by atoms with van der Waals surface area (Å²) in [7, 11) is 0. The third kappa shape index (κ3) is 2.18. The van der Waals surface area contributed by atoms with Crippen LogP contribution in [0.3, 0.4) is 0 Å². The number of rotatable bonds is 4. The fraction of sp³-hybridized carbons (Fsp3) is 0.462. The predicted octanol–water partition coefficient (Wildman–Crippen LogP) is 1.54. The molecule has 17 heavy (non-hydrogen) atoms. The summed E-state index contributed by atoms with van der Waals surface area (Å²) in [5, 5.41) is 0. The summed E-state index contributed by atoms with van der Waals surface area (Å²) >= 11 is 0. The summed E-state index contributed by atoms with van der Waals surface area (Å²) in [5.41, 5.74) is 6.75. The van der Waals surface area contributed by atoms with Gasteiger partial charge in [0.25, 0.3) is 0 Å². The lowest BCUT2D eigenvalue weighted by Gasteiger charge is -2.06. The molecule has 1 aromatic rings. The molecule has 1 aliphatic heterocycles. The molecule has 0 bridgehead atoms. The average Bonchev–Trinajstić information content (AvgIpc) is 3.04. The summed E-state index contributed by atoms with van der Waals surface area (Å²) in [6.45, 7) is 4.43. The lowest BCUT2D eigenvalue weighted by molar-refractivity contribution is -0.148. The quantitative estimate of drug-likeness (QED) is 0.635. The monoisotopic (exact) mass is 235 g/mol. The van der Waals surface area contributed by atoms with Gasteiger partial charge in [-0.25, -0.2) is 4.79 Å². The lowest BCUT2D eigenvalue weighted by atomic mass is 10.0. The summed E-state index contributed by atoms with van der Waals surface area (Å²) in [5.74, 6) is -0.298. The standard InChI is InChI=1S/C13H17NO3/c1-3-16-12(15)13(2)11(17-13)10-6-4-9(8-14)5-7-10/h4-7,11H,3,8,14H2,1-2H3. The van der Waals surface area contributed by atoms with E-state index < -0.39 is 5.60 Å². The van der Waals surface area contributed by atoms with Crippen molar-refractivity contribution in [2.75, 3.05) is 6.61 Å². The van der Waals surface area contributed by atoms with Gasteiger partial charge in [0.2, 0.25) is 0 Å². The molecule has 4 nitrogen and oxygen atoms in total. The highest BCUT2D eigenvalue weighted by Crippen LogP contribution is 2.50. The number of carbonyl (C=O) groups excluding carboxylic acids is 1. The van der Waals surface area contributed by atoms with Gasteiger partial charge in [-0.3, -0.25) is 0 Å². The van der Waals surface area contributed by atoms with E-state index in [0.29, 0.717) is 13.2 Å². The van der Waals surface area contributed by atoms with Gasteiger partial charge in [0.1, 0.15) is 6.10 Å². The van der Waals surface area contributed by atoms with Crippen LogP contribution in [-0.2, 0) is 20.8 Å². The Kier molecular flexibility index (Phi) is 3.17. The Labute approximate surface area is 101 Å². The van der Waals surface area contributed by atoms with Gasteiger partial charge in [-0.15, -0.1) is 0 Å². The number of benzene rings is 1. The molecule has 2 atom stereocenters. The molecule has 0 aromatic heterocycles. The largest absolute Gasteiger partial charge is 0.464 e. The van der Waals surface area contributed by atoms with Crippen molar-refractivity contribution in [3.8, 4) is 0 Å². The Morgan fingerprint density at radius 2 is 2.12 bits per heavy atom. The first-order valence-corrected chi connectivity index (χ1v) is 5.75. The second-order valence-corrected chi connectivity index (χ2v) is 4.27. The van der Waals surface area contributed by atoms with Crippen molar-refractivity contribution in [1.82, 2.24) is 0 Å². The molecule has 0 amide bonds. The van der Waals surface area contributed by atoms with Gasteiger partial charge in [0.15, 0.2) is 5.60 Å². The molecule has 1 aromatic carbocycles. The number of ether oxygens (including phenoxy) is 2. The van der Waals surface area contributed by atoms with E-state index >= 15 is 0 Å². The number of hydrogen-bond acceptors (Lipinski definition) is 4. The second-order valence-electron chi connectivity index (χ2n) is 4.27. The van der Waals surface area contributed by atoms with Crippen LogP contribution in [0.15, 0.2) is 24.3 Å². The van der Waals surface area contributed by atoms with Crippen LogP contribution in [0.4, 0.5) is 0 Å². The molecular weight excluding hydrogens is 218 g/mol. The minimum Gasteiger partial charge on any atom is -0.464 e. The van der Waals surface area contributed by atoms with E-state index in [-0.39, 0.29) is 12.1 Å². The van der Waals surface area contributed by atoms with Crippen molar-refractivity contribution in [3.63, 3.8) is 0 Å². The highest BCUT2D eigenvalue weighted by molar-refractivity contribution is 5.83. The average molecular weight is 235 g/mol. The van der Waals surface area contributed by atoms with Crippen molar-refractivity contribution in [2.24, 2.45) is 5.73 Å². The zero-order chi connectivity index (χ0) is 12.5. The Morgan fingerprint density at radius 3 is 2.65 bits per heavy atom. The maximum atomic E-state index is 11.7. The third-order valence-corrected chi connectivity index (χ3v) is 3.00. The summed E-state index contributed by atoms with van der Waals surface area (Å²) in [4.78, 5) is 11.7. The van der Waals surface area contributed by atoms with E-state index in [1.54, 1.807) is 13.8 Å². The minimum atomic E-state index is -0.819. The molecule has 2 rings (SSSR count). The van der Waals surface area contributed by atoms with Crippen molar-refractivity contribution in [3.05, 3.63) is 35.4 Å². The van der Waals surface area contributed by atoms with Crippen LogP contribution in [0, 0.1) is 0 Å². The molecular formula is C13H17NO3. The van der Waals surface area contributed by atoms with Crippen LogP contribution in [0.5, 0.6) is 0 Å². The highest BCUT2D eigenvalue weighted by atomic mass is 16.7. The molecule has 0 spiro atoms. The Morgan fingerprint density at radius 1 is 1.47 bits per heavy atom. The van der Waals surface area contributed by atoms with Crippen LogP contribution < -0.4 is 5.73 Å². The lowest BCUT2D eigenvalue weighted by Crippen LogP contribution is -2.24. The molecule has 2 N–H and O–H groups in total. The predicted molar refractivity (Wildman–Crippen MR) is 63.2 cm³/mol. The van der Waals surface area contributed by atoms with E-state index in [1.807, 2.05) is 24.3 Å². The van der Waals surface area contributed by atoms with Crippen molar-refractivity contribution >= 4 is 5.97 Å². The van der Waals surface area contributed by atoms with Crippen molar-refractivity contribution in [2.45, 2.75) is 32.1 Å². The van der Waals surface area contributed by atoms with Gasteiger partial charge in [-0.05, 0) is 25.0 Å². The van der Waals surface area contributed by atoms with Crippen LogP contribution in [0.1, 0.15) is 31.1 Å². The maximum Gasteiger partial charge on any atom is 0.341 e. The molecule has 1 aliphatic rings. The van der Waals surface area contributed by atoms with Gasteiger partial charge in [0.05, 0.1) is 6.61 Å². The van der Waals surface area contributed by atoms with Crippen LogP contribution >= 0.6 is 0 Å². The fourth-order valence-corrected chi connectivity index (χ4v) is 1.85. The molecule has 0 aliphatic carbocycles. The first-order valence-electron chi connectivity index (χ1n) is 5.75. The van der Waals surface area contributed by atoms with E-state index in [4.69, 9.17) is 15.2 Å². The number of esters is 1. The number of hydrogen-bond donors (Lipinski definition) is 1. The minimum absolute atomic E-state index is 0.201. The molecule has 1 heterocycles. The molecule has 0 saturated carbocycles. The van der Waals surface area contributed by atoms with Gasteiger partial charge in [-0.2, -0.15) is 0 Å². The SMILES string of the molecule is CCOC(=O)C1(C)OC1c1ccc(CN)cc1. The van der Waals surface area contributed by atoms with Crippen LogP contribution in [0.2, 0.25) is 0 Å². The first-order chi connectivity index (χ1) is 8.11. The second kappa shape index (κ2) is 4.47. The Bertz CT molecular complexity index is 415. The Balaban J connectivity index is 2.08. The fourth-order valence-electron chi connectivity index (χ4n) is 1.85. The summed E-state index contributed by atoms with van der Waals surface area (Å²) in [6, 6.07) is 7.78. The van der Waals surface area contributed by atoms with Gasteiger partial charge in [-0.1, -0.05) is 24.3 Å². The number of carbonyl (C=O) groups is 1. The smallest absolute Gasteiger partial charge is 0.341 e. The molecule has 2 unspecified atom stereocenters. The van der Waals surface area contributed by atoms with E-state index in [0.717, 1.165) is 11.1 Å². The summed E-state index contributed by atoms with van der Waals surface area (Å²) in [6.07, 6.45) is -0.201. The van der Waals surface area contributed by atoms with Gasteiger partial charge >= 0.3 is 5.97 Å². The molecule has 92 valence electrons. The van der Waals surface area contributed by atoms with Crippen LogP contribution in [-0.4, -0.2) is 18.2 Å². The zero-order valence-corrected chi connectivity index (χ0v) is 10.1. The highest BCUT2D eigenvalue weighted by Gasteiger charge is 2.60. The summed E-state index contributed by atoms with van der Waals surface area (Å²) < 4.78 is 10.5. The van der Waals surface area contributed by atoms with Crippen molar-refractivity contribution in [1.29, 1.82) is 0 Å². The van der Waals surface area contributed by atoms with E-state index in [1.165, 1.54) is 0 Å². The molecule has 4 heteroatoms. The zero-order valence-electron chi connectivity index (χ0n) is 10.1. The molecule has 1 fully saturated rings. The third-order valence-electron chi connectivity index (χ3n) is 3.00. The first kappa shape index (κ1) is 12.1. The van der Waals surface area contributed by atoms with E-state index in [9.17, 15) is 4.79 Å². The number of epoxide rings is 1. The molecule has 0 radical (unpaired) electrons. The maximum absolute atomic E-state index is 11.7. The Hall–Kier alpha value is -1.39. The van der Waals surface area contributed by atoms with Crippen molar-refractivity contribution < 1.29 is 14.3 Å². The molecule has 1 saturated heterocycles. The van der Waals surface area contributed by atoms with E-state index in [2.05, 4.69) is 0 Å². The number of nitrogens with two attached hydrogens (primary N) is 1. The topological polar surface area (TPSA) is 64.8 Å². The van der Waals surface area contributed by atoms with Crippen LogP contribution in [0.25, 0.3) is 0 Å². The van der Waals surface area contributed by atoms with Gasteiger partial charge in [0, 0.05) is 6.54 Å². The van der Waals surface area contributed by atoms with Gasteiger partial charge < -0.3 is 15.2 Å².